The van der Waals surface area contributed by atoms with Crippen molar-refractivity contribution in [3.8, 4) is 11.1 Å². The van der Waals surface area contributed by atoms with Crippen LogP contribution in [0.2, 0.25) is 0 Å². The summed E-state index contributed by atoms with van der Waals surface area (Å²) in [7, 11) is 0. The lowest BCUT2D eigenvalue weighted by atomic mass is 9.99. The fourth-order valence-electron chi connectivity index (χ4n) is 4.72. The van der Waals surface area contributed by atoms with Crippen molar-refractivity contribution >= 4 is 23.6 Å². The molecule has 1 heterocycles. The van der Waals surface area contributed by atoms with Crippen LogP contribution in [-0.4, -0.2) is 51.4 Å². The highest BCUT2D eigenvalue weighted by atomic mass is 32.2. The minimum Gasteiger partial charge on any atom is -0.481 e. The van der Waals surface area contributed by atoms with Gasteiger partial charge in [-0.3, -0.25) is 9.59 Å². The Labute approximate surface area is 244 Å². The summed E-state index contributed by atoms with van der Waals surface area (Å²) in [5.74, 6) is 0.322. The quantitative estimate of drug-likeness (QED) is 0.197. The van der Waals surface area contributed by atoms with Crippen LogP contribution in [0.25, 0.3) is 11.1 Å². The molecule has 9 heteroatoms. The first-order chi connectivity index (χ1) is 19.9. The number of hydrogen-bond donors (Lipinski definition) is 4. The number of aliphatic hydroxyl groups is 2. The lowest BCUT2D eigenvalue weighted by molar-refractivity contribution is -0.245. The van der Waals surface area contributed by atoms with Crippen LogP contribution in [-0.2, 0) is 32.2 Å². The maximum atomic E-state index is 12.1. The highest BCUT2D eigenvalue weighted by Crippen LogP contribution is 2.39. The van der Waals surface area contributed by atoms with E-state index in [-0.39, 0.29) is 44.2 Å². The number of carbonyl (C=O) groups excluding carboxylic acids is 1. The summed E-state index contributed by atoms with van der Waals surface area (Å²) in [5, 5.41) is 30.3. The summed E-state index contributed by atoms with van der Waals surface area (Å²) in [4.78, 5) is 22.8. The van der Waals surface area contributed by atoms with Gasteiger partial charge < -0.3 is 30.1 Å². The largest absolute Gasteiger partial charge is 0.481 e. The van der Waals surface area contributed by atoms with Crippen molar-refractivity contribution in [2.24, 2.45) is 0 Å². The van der Waals surface area contributed by atoms with Crippen molar-refractivity contribution < 1.29 is 34.4 Å². The Balaban J connectivity index is 1.47. The third kappa shape index (κ3) is 9.41. The Morgan fingerprint density at radius 3 is 2.37 bits per heavy atom. The van der Waals surface area contributed by atoms with Gasteiger partial charge in [-0.15, -0.1) is 0 Å². The molecule has 3 unspecified atom stereocenters. The fraction of sp³-hybridized carbons (Fsp3) is 0.375. The van der Waals surface area contributed by atoms with Crippen molar-refractivity contribution in [3.05, 3.63) is 95.1 Å². The first-order valence-corrected chi connectivity index (χ1v) is 15.0. The number of carbonyl (C=O) groups is 2. The monoisotopic (exact) mass is 579 g/mol. The zero-order valence-electron chi connectivity index (χ0n) is 22.9. The molecule has 0 radical (unpaired) electrons. The van der Waals surface area contributed by atoms with E-state index >= 15 is 0 Å². The Bertz CT molecular complexity index is 1280. The van der Waals surface area contributed by atoms with Crippen LogP contribution in [0.5, 0.6) is 0 Å². The first-order valence-electron chi connectivity index (χ1n) is 13.8. The number of amides is 1. The number of aliphatic hydroxyl groups excluding tert-OH is 2. The second-order valence-corrected chi connectivity index (χ2v) is 11.1. The SMILES string of the molecule is O=C(O)CCCC(=O)NCc1cccc(-c2cccc(C3OC(CSCCO)CC(c4ccc(CO)cc4)O3)c2)c1. The molecule has 4 N–H and O–H groups in total. The Kier molecular flexibility index (Phi) is 11.8. The number of hydrogen-bond acceptors (Lipinski definition) is 7. The van der Waals surface area contributed by atoms with Crippen LogP contribution in [0.3, 0.4) is 0 Å². The maximum absolute atomic E-state index is 12.1. The molecule has 1 saturated heterocycles. The van der Waals surface area contributed by atoms with Crippen LogP contribution >= 0.6 is 11.8 Å². The topological polar surface area (TPSA) is 125 Å². The molecule has 3 aromatic rings. The van der Waals surface area contributed by atoms with E-state index in [4.69, 9.17) is 14.6 Å². The van der Waals surface area contributed by atoms with Crippen molar-refractivity contribution in [1.29, 1.82) is 0 Å². The summed E-state index contributed by atoms with van der Waals surface area (Å²) in [6.07, 6.45) is 0.367. The highest BCUT2D eigenvalue weighted by molar-refractivity contribution is 7.99. The molecule has 41 heavy (non-hydrogen) atoms. The molecule has 1 fully saturated rings. The predicted octanol–water partition coefficient (Wildman–Crippen LogP) is 4.99. The molecule has 0 saturated carbocycles. The van der Waals surface area contributed by atoms with Gasteiger partial charge in [-0.25, -0.2) is 0 Å². The number of benzene rings is 3. The molecule has 1 amide bonds. The van der Waals surface area contributed by atoms with Gasteiger partial charge in [0, 0.05) is 42.9 Å². The Morgan fingerprint density at radius 2 is 1.63 bits per heavy atom. The van der Waals surface area contributed by atoms with E-state index in [1.165, 1.54) is 0 Å². The summed E-state index contributed by atoms with van der Waals surface area (Å²) in [6, 6.07) is 23.8. The lowest BCUT2D eigenvalue weighted by Gasteiger charge is -2.36. The van der Waals surface area contributed by atoms with E-state index in [2.05, 4.69) is 11.4 Å². The maximum Gasteiger partial charge on any atom is 0.303 e. The van der Waals surface area contributed by atoms with Gasteiger partial charge in [0.15, 0.2) is 6.29 Å². The van der Waals surface area contributed by atoms with E-state index in [0.717, 1.165) is 39.1 Å². The smallest absolute Gasteiger partial charge is 0.303 e. The predicted molar refractivity (Wildman–Crippen MR) is 158 cm³/mol. The molecule has 0 spiro atoms. The number of carboxylic acids is 1. The average Bonchev–Trinajstić information content (AvgIpc) is 3.00. The number of rotatable bonds is 14. The van der Waals surface area contributed by atoms with E-state index in [1.807, 2.05) is 66.7 Å². The van der Waals surface area contributed by atoms with Gasteiger partial charge in [0.05, 0.1) is 25.4 Å². The molecule has 3 atom stereocenters. The third-order valence-electron chi connectivity index (χ3n) is 6.86. The minimum atomic E-state index is -0.903. The van der Waals surface area contributed by atoms with Crippen molar-refractivity contribution in [1.82, 2.24) is 5.32 Å². The van der Waals surface area contributed by atoms with Gasteiger partial charge in [0.2, 0.25) is 5.91 Å². The van der Waals surface area contributed by atoms with Gasteiger partial charge in [0.25, 0.3) is 0 Å². The van der Waals surface area contributed by atoms with E-state index in [0.29, 0.717) is 25.1 Å². The summed E-state index contributed by atoms with van der Waals surface area (Å²) in [5.41, 5.74) is 5.70. The van der Waals surface area contributed by atoms with Crippen LogP contribution in [0, 0.1) is 0 Å². The molecule has 0 aliphatic carbocycles. The van der Waals surface area contributed by atoms with Crippen molar-refractivity contribution in [2.45, 2.75) is 57.3 Å². The molecular weight excluding hydrogens is 542 g/mol. The zero-order valence-corrected chi connectivity index (χ0v) is 23.7. The molecule has 0 aromatic heterocycles. The number of ether oxygens (including phenoxy) is 2. The zero-order chi connectivity index (χ0) is 29.0. The highest BCUT2D eigenvalue weighted by Gasteiger charge is 2.32. The number of thioether (sulfide) groups is 1. The average molecular weight is 580 g/mol. The Morgan fingerprint density at radius 1 is 0.878 bits per heavy atom. The number of nitrogens with one attached hydrogen (secondary N) is 1. The van der Waals surface area contributed by atoms with Crippen LogP contribution in [0.4, 0.5) is 0 Å². The summed E-state index contributed by atoms with van der Waals surface area (Å²) < 4.78 is 12.9. The molecule has 1 aliphatic heterocycles. The number of carboxylic acid groups (broad SMARTS) is 1. The van der Waals surface area contributed by atoms with Gasteiger partial charge in [-0.05, 0) is 46.4 Å². The molecule has 8 nitrogen and oxygen atoms in total. The van der Waals surface area contributed by atoms with Gasteiger partial charge in [-0.1, -0.05) is 60.7 Å². The molecule has 0 bridgehead atoms. The van der Waals surface area contributed by atoms with E-state index in [1.54, 1.807) is 11.8 Å². The minimum absolute atomic E-state index is 0.00881. The van der Waals surface area contributed by atoms with E-state index < -0.39 is 12.3 Å². The molecule has 218 valence electrons. The fourth-order valence-corrected chi connectivity index (χ4v) is 5.49. The normalized spacial score (nSPS) is 18.6. The molecule has 4 rings (SSSR count). The first kappa shape index (κ1) is 30.7. The standard InChI is InChI=1S/C32H37NO7S/c34-14-15-41-21-28-18-29(24-12-10-22(20-35)11-13-24)40-32(39-28)27-7-2-6-26(17-27)25-5-1-4-23(16-25)19-33-30(36)8-3-9-31(37)38/h1-2,4-7,10-13,16-17,28-29,32,34-35H,3,8-9,14-15,18-21H2,(H,33,36)(H,37,38). The van der Waals surface area contributed by atoms with Crippen LogP contribution in [0.15, 0.2) is 72.8 Å². The van der Waals surface area contributed by atoms with Crippen LogP contribution < -0.4 is 5.32 Å². The van der Waals surface area contributed by atoms with Gasteiger partial charge in [0.1, 0.15) is 0 Å². The second kappa shape index (κ2) is 15.7. The van der Waals surface area contributed by atoms with Crippen LogP contribution in [0.1, 0.15) is 60.3 Å². The lowest BCUT2D eigenvalue weighted by Crippen LogP contribution is -2.31. The Hall–Kier alpha value is -3.21. The summed E-state index contributed by atoms with van der Waals surface area (Å²) in [6.45, 7) is 0.474. The number of aliphatic carboxylic acids is 1. The molecular formula is C32H37NO7S. The van der Waals surface area contributed by atoms with Gasteiger partial charge >= 0.3 is 5.97 Å². The van der Waals surface area contributed by atoms with Gasteiger partial charge in [-0.2, -0.15) is 11.8 Å². The molecule has 1 aliphatic rings. The van der Waals surface area contributed by atoms with Crippen molar-refractivity contribution in [2.75, 3.05) is 18.1 Å². The molecule has 3 aromatic carbocycles. The van der Waals surface area contributed by atoms with E-state index in [9.17, 15) is 19.8 Å². The second-order valence-electron chi connectivity index (χ2n) is 10.00. The summed E-state index contributed by atoms with van der Waals surface area (Å²) >= 11 is 1.65. The third-order valence-corrected chi connectivity index (χ3v) is 7.94. The van der Waals surface area contributed by atoms with Crippen molar-refractivity contribution in [3.63, 3.8) is 0 Å².